The van der Waals surface area contributed by atoms with Crippen LogP contribution in [0.15, 0.2) is 36.7 Å². The number of aromatic nitrogens is 2. The van der Waals surface area contributed by atoms with Gasteiger partial charge in [0.2, 0.25) is 0 Å². The fourth-order valence-electron chi connectivity index (χ4n) is 4.81. The van der Waals surface area contributed by atoms with Gasteiger partial charge in [0.05, 0.1) is 66.9 Å². The van der Waals surface area contributed by atoms with E-state index in [0.29, 0.717) is 84.6 Å². The van der Waals surface area contributed by atoms with Crippen LogP contribution in [0.2, 0.25) is 0 Å². The number of halogens is 1. The van der Waals surface area contributed by atoms with Crippen LogP contribution in [0.3, 0.4) is 0 Å². The van der Waals surface area contributed by atoms with Crippen molar-refractivity contribution in [3.05, 3.63) is 70.3 Å². The molecule has 0 saturated heterocycles. The van der Waals surface area contributed by atoms with Crippen molar-refractivity contribution < 1.29 is 38.1 Å². The van der Waals surface area contributed by atoms with Gasteiger partial charge in [0.1, 0.15) is 23.0 Å². The van der Waals surface area contributed by atoms with Gasteiger partial charge in [0.15, 0.2) is 5.78 Å². The summed E-state index contributed by atoms with van der Waals surface area (Å²) in [6, 6.07) is 6.70. The van der Waals surface area contributed by atoms with Gasteiger partial charge < -0.3 is 23.7 Å². The summed E-state index contributed by atoms with van der Waals surface area (Å²) in [7, 11) is 0. The smallest absolute Gasteiger partial charge is 0.345 e. The lowest BCUT2D eigenvalue weighted by Gasteiger charge is -2.17. The number of Topliss-reactive ketones (excluding diaryl/α,β-unsaturated/α-hetero) is 1. The standard InChI is InChI=1S/C37H47BrN2O8/c1-6-14-33(41)30-15-16-34(47-20-13-9-12-19-46-28-21-31(26(4)39-23-28)36(42)44-7-2)25(3)35(30)48-37(43)32-22-29(24-40-27(32)5)45-18-11-8-10-17-38/h15-16,21-24H,6-14,17-20H2,1-5H3. The second-order valence-corrected chi connectivity index (χ2v) is 12.1. The number of hydrogen-bond donors (Lipinski definition) is 0. The molecule has 10 nitrogen and oxygen atoms in total. The molecule has 0 bridgehead atoms. The molecule has 0 spiro atoms. The predicted octanol–water partition coefficient (Wildman–Crippen LogP) is 8.35. The molecule has 48 heavy (non-hydrogen) atoms. The Morgan fingerprint density at radius 2 is 1.27 bits per heavy atom. The lowest BCUT2D eigenvalue weighted by Crippen LogP contribution is -2.15. The largest absolute Gasteiger partial charge is 0.493 e. The molecule has 3 rings (SSSR count). The Balaban J connectivity index is 1.60. The number of rotatable bonds is 21. The maximum atomic E-state index is 13.4. The number of carbonyl (C=O) groups is 3. The average molecular weight is 728 g/mol. The number of ether oxygens (including phenoxy) is 5. The third-order valence-corrected chi connectivity index (χ3v) is 8.09. The summed E-state index contributed by atoms with van der Waals surface area (Å²) in [5.41, 5.74) is 2.67. The molecule has 0 aliphatic rings. The first kappa shape index (κ1) is 38.5. The fourth-order valence-corrected chi connectivity index (χ4v) is 5.21. The first-order chi connectivity index (χ1) is 23.2. The van der Waals surface area contributed by atoms with Crippen molar-refractivity contribution >= 4 is 33.7 Å². The van der Waals surface area contributed by atoms with Crippen LogP contribution < -0.4 is 18.9 Å². The maximum absolute atomic E-state index is 13.4. The van der Waals surface area contributed by atoms with E-state index in [-0.39, 0.29) is 17.1 Å². The predicted molar refractivity (Wildman–Crippen MR) is 187 cm³/mol. The molecular formula is C37H47BrN2O8. The van der Waals surface area contributed by atoms with Crippen LogP contribution in [0, 0.1) is 20.8 Å². The highest BCUT2D eigenvalue weighted by molar-refractivity contribution is 9.09. The van der Waals surface area contributed by atoms with Gasteiger partial charge in [-0.1, -0.05) is 22.9 Å². The Labute approximate surface area is 292 Å². The average Bonchev–Trinajstić information content (AvgIpc) is 3.07. The van der Waals surface area contributed by atoms with Crippen molar-refractivity contribution in [1.29, 1.82) is 0 Å². The van der Waals surface area contributed by atoms with Gasteiger partial charge in [-0.15, -0.1) is 0 Å². The number of pyridine rings is 2. The lowest BCUT2D eigenvalue weighted by atomic mass is 10.0. The van der Waals surface area contributed by atoms with E-state index in [0.717, 1.165) is 43.9 Å². The van der Waals surface area contributed by atoms with E-state index in [1.807, 2.05) is 6.92 Å². The molecule has 11 heteroatoms. The van der Waals surface area contributed by atoms with E-state index < -0.39 is 11.9 Å². The van der Waals surface area contributed by atoms with E-state index in [9.17, 15) is 14.4 Å². The van der Waals surface area contributed by atoms with Gasteiger partial charge in [-0.2, -0.15) is 0 Å². The highest BCUT2D eigenvalue weighted by Gasteiger charge is 2.23. The molecule has 260 valence electrons. The first-order valence-corrected chi connectivity index (χ1v) is 17.8. The number of alkyl halides is 1. The SMILES string of the molecule is CCCC(=O)c1ccc(OCCCCCOc2cnc(C)c(C(=O)OCC)c2)c(C)c1OC(=O)c1cc(OCCCCCBr)cnc1C. The van der Waals surface area contributed by atoms with Crippen LogP contribution in [-0.2, 0) is 4.74 Å². The van der Waals surface area contributed by atoms with Crippen LogP contribution in [0.25, 0.3) is 0 Å². The molecule has 1 aromatic carbocycles. The number of hydrogen-bond acceptors (Lipinski definition) is 10. The normalized spacial score (nSPS) is 10.8. The highest BCUT2D eigenvalue weighted by Crippen LogP contribution is 2.34. The quantitative estimate of drug-likeness (QED) is 0.0348. The molecular weight excluding hydrogens is 680 g/mol. The number of carbonyl (C=O) groups excluding carboxylic acids is 3. The molecule has 0 amide bonds. The minimum atomic E-state index is -0.617. The molecule has 0 saturated carbocycles. The summed E-state index contributed by atoms with van der Waals surface area (Å²) in [4.78, 5) is 47.2. The van der Waals surface area contributed by atoms with E-state index in [1.54, 1.807) is 64.4 Å². The monoisotopic (exact) mass is 726 g/mol. The van der Waals surface area contributed by atoms with Crippen LogP contribution in [0.1, 0.15) is 113 Å². The van der Waals surface area contributed by atoms with Crippen LogP contribution in [-0.4, -0.2) is 59.4 Å². The number of ketones is 1. The Kier molecular flexibility index (Phi) is 16.3. The molecule has 0 unspecified atom stereocenters. The molecule has 3 aromatic rings. The summed E-state index contributed by atoms with van der Waals surface area (Å²) in [6.45, 7) is 10.7. The van der Waals surface area contributed by atoms with Gasteiger partial charge in [0, 0.05) is 17.3 Å². The fraction of sp³-hybridized carbons (Fsp3) is 0.486. The lowest BCUT2D eigenvalue weighted by molar-refractivity contribution is 0.0523. The molecule has 2 heterocycles. The minimum absolute atomic E-state index is 0.108. The molecule has 2 aromatic heterocycles. The first-order valence-electron chi connectivity index (χ1n) is 16.6. The summed E-state index contributed by atoms with van der Waals surface area (Å²) in [5.74, 6) is 0.594. The van der Waals surface area contributed by atoms with Crippen LogP contribution in [0.5, 0.6) is 23.0 Å². The van der Waals surface area contributed by atoms with Crippen LogP contribution in [0.4, 0.5) is 0 Å². The van der Waals surface area contributed by atoms with Crippen molar-refractivity contribution in [3.8, 4) is 23.0 Å². The Hall–Kier alpha value is -3.99. The molecule has 0 radical (unpaired) electrons. The van der Waals surface area contributed by atoms with Gasteiger partial charge in [-0.05, 0) is 96.9 Å². The Bertz CT molecular complexity index is 1530. The second-order valence-electron chi connectivity index (χ2n) is 11.3. The molecule has 0 atom stereocenters. The maximum Gasteiger partial charge on any atom is 0.345 e. The zero-order chi connectivity index (χ0) is 34.9. The topological polar surface area (TPSA) is 123 Å². The third-order valence-electron chi connectivity index (χ3n) is 7.53. The van der Waals surface area contributed by atoms with Gasteiger partial charge in [0.25, 0.3) is 0 Å². The molecule has 0 aliphatic heterocycles. The van der Waals surface area contributed by atoms with E-state index >= 15 is 0 Å². The second kappa shape index (κ2) is 20.4. The van der Waals surface area contributed by atoms with E-state index in [4.69, 9.17) is 23.7 Å². The number of benzene rings is 1. The Morgan fingerprint density at radius 3 is 1.83 bits per heavy atom. The summed E-state index contributed by atoms with van der Waals surface area (Å²) in [5, 5.41) is 0.953. The van der Waals surface area contributed by atoms with Gasteiger partial charge in [-0.25, -0.2) is 9.59 Å². The molecule has 0 aliphatic carbocycles. The minimum Gasteiger partial charge on any atom is -0.493 e. The zero-order valence-corrected chi connectivity index (χ0v) is 30.3. The van der Waals surface area contributed by atoms with Crippen molar-refractivity contribution in [2.75, 3.05) is 31.8 Å². The summed E-state index contributed by atoms with van der Waals surface area (Å²) in [6.07, 6.45) is 9.54. The van der Waals surface area contributed by atoms with Crippen molar-refractivity contribution in [2.24, 2.45) is 0 Å². The van der Waals surface area contributed by atoms with Crippen molar-refractivity contribution in [2.45, 2.75) is 86.0 Å². The van der Waals surface area contributed by atoms with Gasteiger partial charge >= 0.3 is 11.9 Å². The summed E-state index contributed by atoms with van der Waals surface area (Å²) < 4.78 is 28.7. The Morgan fingerprint density at radius 1 is 0.708 bits per heavy atom. The van der Waals surface area contributed by atoms with Gasteiger partial charge in [-0.3, -0.25) is 14.8 Å². The third kappa shape index (κ3) is 11.6. The van der Waals surface area contributed by atoms with Crippen molar-refractivity contribution in [1.82, 2.24) is 9.97 Å². The number of nitrogens with zero attached hydrogens (tertiary/aromatic N) is 2. The number of esters is 2. The van der Waals surface area contributed by atoms with Crippen molar-refractivity contribution in [3.63, 3.8) is 0 Å². The molecule has 0 fully saturated rings. The van der Waals surface area contributed by atoms with E-state index in [1.165, 1.54) is 0 Å². The van der Waals surface area contributed by atoms with E-state index in [2.05, 4.69) is 25.9 Å². The van der Waals surface area contributed by atoms with Crippen LogP contribution >= 0.6 is 15.9 Å². The number of aryl methyl sites for hydroxylation is 2. The summed E-state index contributed by atoms with van der Waals surface area (Å²) >= 11 is 3.43. The zero-order valence-electron chi connectivity index (χ0n) is 28.7. The number of unbranched alkanes of at least 4 members (excludes halogenated alkanes) is 4. The molecule has 0 N–H and O–H groups in total. The highest BCUT2D eigenvalue weighted by atomic mass is 79.9.